The highest BCUT2D eigenvalue weighted by Gasteiger charge is 2.12. The van der Waals surface area contributed by atoms with Crippen LogP contribution in [0.4, 0.5) is 10.5 Å². The molecule has 0 fully saturated rings. The van der Waals surface area contributed by atoms with Crippen LogP contribution in [0.15, 0.2) is 54.6 Å². The number of nitrogens with one attached hydrogen (secondary N) is 2. The Morgan fingerprint density at radius 3 is 2.26 bits per heavy atom. The van der Waals surface area contributed by atoms with Gasteiger partial charge in [-0.3, -0.25) is 4.79 Å². The van der Waals surface area contributed by atoms with Crippen molar-refractivity contribution in [3.63, 3.8) is 0 Å². The largest absolute Gasteiger partial charge is 0.351 e. The van der Waals surface area contributed by atoms with Crippen molar-refractivity contribution in [2.45, 2.75) is 19.3 Å². The predicted octanol–water partition coefficient (Wildman–Crippen LogP) is 3.10. The summed E-state index contributed by atoms with van der Waals surface area (Å²) in [4.78, 5) is 23.0. The van der Waals surface area contributed by atoms with E-state index in [1.54, 1.807) is 24.3 Å². The molecular weight excluding hydrogens is 290 g/mol. The first-order valence-electron chi connectivity index (χ1n) is 7.59. The summed E-state index contributed by atoms with van der Waals surface area (Å²) in [5.41, 5.74) is 7.37. The molecule has 0 radical (unpaired) electrons. The van der Waals surface area contributed by atoms with Crippen LogP contribution in [0, 0.1) is 0 Å². The molecule has 0 spiro atoms. The predicted molar refractivity (Wildman–Crippen MR) is 91.5 cm³/mol. The van der Waals surface area contributed by atoms with E-state index in [1.165, 1.54) is 5.56 Å². The molecule has 5 heteroatoms. The fraction of sp³-hybridized carbons (Fsp3) is 0.222. The van der Waals surface area contributed by atoms with Gasteiger partial charge in [0.25, 0.3) is 5.91 Å². The Morgan fingerprint density at radius 1 is 1.04 bits per heavy atom. The zero-order valence-electron chi connectivity index (χ0n) is 13.1. The molecule has 0 saturated heterocycles. The molecule has 2 aromatic carbocycles. The lowest BCUT2D eigenvalue weighted by Gasteiger charge is -2.16. The average molecular weight is 311 g/mol. The third-order valence-electron chi connectivity index (χ3n) is 3.69. The Bertz CT molecular complexity index is 654. The van der Waals surface area contributed by atoms with Crippen LogP contribution in [-0.4, -0.2) is 18.5 Å². The molecule has 4 N–H and O–H groups in total. The Morgan fingerprint density at radius 2 is 1.70 bits per heavy atom. The van der Waals surface area contributed by atoms with Gasteiger partial charge in [-0.05, 0) is 36.2 Å². The number of carbonyl (C=O) groups excluding carboxylic acids is 2. The summed E-state index contributed by atoms with van der Waals surface area (Å²) in [5, 5.41) is 5.42. The Labute approximate surface area is 135 Å². The molecule has 3 amide bonds. The molecule has 2 rings (SSSR count). The van der Waals surface area contributed by atoms with E-state index in [0.717, 1.165) is 6.42 Å². The van der Waals surface area contributed by atoms with E-state index in [4.69, 9.17) is 5.73 Å². The number of hydrogen-bond acceptors (Lipinski definition) is 2. The van der Waals surface area contributed by atoms with Gasteiger partial charge in [-0.2, -0.15) is 0 Å². The minimum Gasteiger partial charge on any atom is -0.351 e. The van der Waals surface area contributed by atoms with Gasteiger partial charge in [-0.15, -0.1) is 0 Å². The van der Waals surface area contributed by atoms with Gasteiger partial charge >= 0.3 is 6.03 Å². The standard InChI is InChI=1S/C18H21N3O2/c1-2-13(14-6-4-3-5-7-14)12-20-17(22)15-8-10-16(11-9-15)21-18(19)23/h3-11,13H,2,12H2,1H3,(H,20,22)(H3,19,21,23). The lowest BCUT2D eigenvalue weighted by Crippen LogP contribution is -2.28. The zero-order valence-corrected chi connectivity index (χ0v) is 13.1. The molecule has 120 valence electrons. The van der Waals surface area contributed by atoms with Crippen molar-refractivity contribution in [3.05, 3.63) is 65.7 Å². The van der Waals surface area contributed by atoms with Gasteiger partial charge in [0.1, 0.15) is 0 Å². The van der Waals surface area contributed by atoms with Crippen molar-refractivity contribution in [3.8, 4) is 0 Å². The van der Waals surface area contributed by atoms with Gasteiger partial charge in [-0.25, -0.2) is 4.79 Å². The molecule has 1 atom stereocenters. The van der Waals surface area contributed by atoms with Crippen LogP contribution in [0.2, 0.25) is 0 Å². The van der Waals surface area contributed by atoms with Crippen LogP contribution in [0.5, 0.6) is 0 Å². The summed E-state index contributed by atoms with van der Waals surface area (Å²) in [6.45, 7) is 2.69. The number of anilines is 1. The van der Waals surface area contributed by atoms with E-state index < -0.39 is 6.03 Å². The van der Waals surface area contributed by atoms with E-state index in [9.17, 15) is 9.59 Å². The van der Waals surface area contributed by atoms with Crippen molar-refractivity contribution < 1.29 is 9.59 Å². The Hall–Kier alpha value is -2.82. The maximum absolute atomic E-state index is 12.2. The van der Waals surface area contributed by atoms with Crippen molar-refractivity contribution in [1.82, 2.24) is 5.32 Å². The molecule has 1 unspecified atom stereocenters. The third kappa shape index (κ3) is 4.85. The average Bonchev–Trinajstić information content (AvgIpc) is 2.56. The minimum atomic E-state index is -0.629. The van der Waals surface area contributed by atoms with E-state index in [0.29, 0.717) is 17.8 Å². The molecular formula is C18H21N3O2. The van der Waals surface area contributed by atoms with E-state index >= 15 is 0 Å². The smallest absolute Gasteiger partial charge is 0.316 e. The molecule has 0 aromatic heterocycles. The second kappa shape index (κ2) is 7.98. The fourth-order valence-electron chi connectivity index (χ4n) is 2.39. The summed E-state index contributed by atoms with van der Waals surface area (Å²) < 4.78 is 0. The molecule has 23 heavy (non-hydrogen) atoms. The molecule has 0 aliphatic rings. The third-order valence-corrected chi connectivity index (χ3v) is 3.69. The Balaban J connectivity index is 1.94. The fourth-order valence-corrected chi connectivity index (χ4v) is 2.39. The molecule has 0 heterocycles. The summed E-state index contributed by atoms with van der Waals surface area (Å²) in [5.74, 6) is 0.154. The number of amides is 3. The van der Waals surface area contributed by atoms with Crippen molar-refractivity contribution in [1.29, 1.82) is 0 Å². The van der Waals surface area contributed by atoms with Crippen molar-refractivity contribution >= 4 is 17.6 Å². The first-order valence-corrected chi connectivity index (χ1v) is 7.59. The molecule has 5 nitrogen and oxygen atoms in total. The summed E-state index contributed by atoms with van der Waals surface area (Å²) in [6, 6.07) is 16.1. The maximum atomic E-state index is 12.2. The molecule has 2 aromatic rings. The second-order valence-electron chi connectivity index (χ2n) is 5.29. The van der Waals surface area contributed by atoms with Gasteiger partial charge in [0.05, 0.1) is 0 Å². The van der Waals surface area contributed by atoms with Crippen LogP contribution in [0.1, 0.15) is 35.2 Å². The maximum Gasteiger partial charge on any atom is 0.316 e. The highest BCUT2D eigenvalue weighted by Crippen LogP contribution is 2.18. The van der Waals surface area contributed by atoms with Crippen LogP contribution in [0.3, 0.4) is 0 Å². The lowest BCUT2D eigenvalue weighted by molar-refractivity contribution is 0.0951. The van der Waals surface area contributed by atoms with E-state index in [-0.39, 0.29) is 11.8 Å². The summed E-state index contributed by atoms with van der Waals surface area (Å²) >= 11 is 0. The first-order chi connectivity index (χ1) is 11.1. The topological polar surface area (TPSA) is 84.2 Å². The normalized spacial score (nSPS) is 11.5. The number of urea groups is 1. The van der Waals surface area contributed by atoms with Crippen LogP contribution in [-0.2, 0) is 0 Å². The quantitative estimate of drug-likeness (QED) is 0.766. The first kappa shape index (κ1) is 16.5. The lowest BCUT2D eigenvalue weighted by atomic mass is 9.96. The van der Waals surface area contributed by atoms with Crippen LogP contribution < -0.4 is 16.4 Å². The van der Waals surface area contributed by atoms with E-state index in [1.807, 2.05) is 18.2 Å². The number of primary amides is 1. The molecule has 0 aliphatic carbocycles. The van der Waals surface area contributed by atoms with Crippen LogP contribution in [0.25, 0.3) is 0 Å². The zero-order chi connectivity index (χ0) is 16.7. The van der Waals surface area contributed by atoms with Gasteiger partial charge in [0.15, 0.2) is 0 Å². The number of rotatable bonds is 6. The molecule has 0 bridgehead atoms. The number of nitrogens with two attached hydrogens (primary N) is 1. The van der Waals surface area contributed by atoms with Gasteiger partial charge in [-0.1, -0.05) is 37.3 Å². The highest BCUT2D eigenvalue weighted by atomic mass is 16.2. The van der Waals surface area contributed by atoms with Crippen LogP contribution >= 0.6 is 0 Å². The number of hydrogen-bond donors (Lipinski definition) is 3. The minimum absolute atomic E-state index is 0.134. The summed E-state index contributed by atoms with van der Waals surface area (Å²) in [7, 11) is 0. The van der Waals surface area contributed by atoms with Crippen molar-refractivity contribution in [2.75, 3.05) is 11.9 Å². The monoisotopic (exact) mass is 311 g/mol. The SMILES string of the molecule is CCC(CNC(=O)c1ccc(NC(N)=O)cc1)c1ccccc1. The molecule has 0 saturated carbocycles. The summed E-state index contributed by atoms with van der Waals surface area (Å²) in [6.07, 6.45) is 0.950. The number of carbonyl (C=O) groups is 2. The van der Waals surface area contributed by atoms with E-state index in [2.05, 4.69) is 29.7 Å². The van der Waals surface area contributed by atoms with Gasteiger partial charge < -0.3 is 16.4 Å². The number of benzene rings is 2. The second-order valence-corrected chi connectivity index (χ2v) is 5.29. The van der Waals surface area contributed by atoms with Gasteiger partial charge in [0, 0.05) is 23.7 Å². The Kier molecular flexibility index (Phi) is 5.74. The molecule has 0 aliphatic heterocycles. The highest BCUT2D eigenvalue weighted by molar-refractivity contribution is 5.95. The van der Waals surface area contributed by atoms with Crippen molar-refractivity contribution in [2.24, 2.45) is 5.73 Å². The van der Waals surface area contributed by atoms with Gasteiger partial charge in [0.2, 0.25) is 0 Å².